The summed E-state index contributed by atoms with van der Waals surface area (Å²) in [5.41, 5.74) is 1.10. The Morgan fingerprint density at radius 2 is 2.24 bits per heavy atom. The summed E-state index contributed by atoms with van der Waals surface area (Å²) in [5, 5.41) is 3.50. The summed E-state index contributed by atoms with van der Waals surface area (Å²) in [6.07, 6.45) is 5.59. The van der Waals surface area contributed by atoms with Crippen LogP contribution in [-0.2, 0) is 13.1 Å². The van der Waals surface area contributed by atoms with Crippen molar-refractivity contribution in [3.63, 3.8) is 0 Å². The molecule has 5 heteroatoms. The number of imidazole rings is 1. The van der Waals surface area contributed by atoms with E-state index >= 15 is 0 Å². The van der Waals surface area contributed by atoms with Crippen molar-refractivity contribution in [2.24, 2.45) is 0 Å². The van der Waals surface area contributed by atoms with Crippen molar-refractivity contribution in [2.45, 2.75) is 33.0 Å². The number of rotatable bonds is 8. The summed E-state index contributed by atoms with van der Waals surface area (Å²) in [7, 11) is 1.68. The van der Waals surface area contributed by atoms with Gasteiger partial charge in [-0.15, -0.1) is 0 Å². The summed E-state index contributed by atoms with van der Waals surface area (Å²) in [5.74, 6) is 1.60. The SMILES string of the molecule is CCOc1cccc(CNC(C)Cn2ccnc2)c1OC. The highest BCUT2D eigenvalue weighted by molar-refractivity contribution is 5.46. The molecule has 0 radical (unpaired) electrons. The van der Waals surface area contributed by atoms with E-state index in [2.05, 4.69) is 27.9 Å². The predicted molar refractivity (Wildman–Crippen MR) is 82.7 cm³/mol. The molecule has 2 rings (SSSR count). The van der Waals surface area contributed by atoms with Crippen LogP contribution < -0.4 is 14.8 Å². The third kappa shape index (κ3) is 4.23. The van der Waals surface area contributed by atoms with E-state index in [0.717, 1.165) is 30.2 Å². The van der Waals surface area contributed by atoms with Crippen molar-refractivity contribution in [2.75, 3.05) is 13.7 Å². The van der Waals surface area contributed by atoms with Crippen LogP contribution in [0.15, 0.2) is 36.9 Å². The molecule has 0 saturated carbocycles. The summed E-state index contributed by atoms with van der Waals surface area (Å²) in [6, 6.07) is 6.31. The van der Waals surface area contributed by atoms with E-state index in [1.807, 2.05) is 31.6 Å². The van der Waals surface area contributed by atoms with Gasteiger partial charge >= 0.3 is 0 Å². The van der Waals surface area contributed by atoms with E-state index in [9.17, 15) is 0 Å². The van der Waals surface area contributed by atoms with Gasteiger partial charge in [0, 0.05) is 37.1 Å². The Bertz CT molecular complexity index is 540. The van der Waals surface area contributed by atoms with Gasteiger partial charge in [-0.25, -0.2) is 4.98 Å². The lowest BCUT2D eigenvalue weighted by Gasteiger charge is -2.17. The van der Waals surface area contributed by atoms with E-state index in [4.69, 9.17) is 9.47 Å². The zero-order valence-electron chi connectivity index (χ0n) is 12.9. The smallest absolute Gasteiger partial charge is 0.165 e. The Morgan fingerprint density at radius 3 is 2.90 bits per heavy atom. The van der Waals surface area contributed by atoms with Crippen molar-refractivity contribution >= 4 is 0 Å². The maximum absolute atomic E-state index is 5.60. The number of hydrogen-bond donors (Lipinski definition) is 1. The summed E-state index contributed by atoms with van der Waals surface area (Å²) in [6.45, 7) is 6.37. The van der Waals surface area contributed by atoms with Gasteiger partial charge in [0.1, 0.15) is 0 Å². The van der Waals surface area contributed by atoms with Crippen LogP contribution in [-0.4, -0.2) is 29.3 Å². The molecule has 1 atom stereocenters. The molecule has 1 aromatic carbocycles. The largest absolute Gasteiger partial charge is 0.493 e. The number of benzene rings is 1. The van der Waals surface area contributed by atoms with E-state index in [1.54, 1.807) is 13.3 Å². The summed E-state index contributed by atoms with van der Waals surface area (Å²) >= 11 is 0. The van der Waals surface area contributed by atoms with Gasteiger partial charge in [-0.05, 0) is 19.9 Å². The number of nitrogens with one attached hydrogen (secondary N) is 1. The second-order valence-corrected chi connectivity index (χ2v) is 4.92. The molecular formula is C16H23N3O2. The quantitative estimate of drug-likeness (QED) is 0.811. The van der Waals surface area contributed by atoms with Crippen LogP contribution in [0.2, 0.25) is 0 Å². The fourth-order valence-electron chi connectivity index (χ4n) is 2.26. The Labute approximate surface area is 125 Å². The van der Waals surface area contributed by atoms with Crippen molar-refractivity contribution < 1.29 is 9.47 Å². The summed E-state index contributed by atoms with van der Waals surface area (Å²) < 4.78 is 13.1. The number of aromatic nitrogens is 2. The van der Waals surface area contributed by atoms with Crippen molar-refractivity contribution in [3.8, 4) is 11.5 Å². The monoisotopic (exact) mass is 289 g/mol. The summed E-state index contributed by atoms with van der Waals surface area (Å²) in [4.78, 5) is 4.05. The van der Waals surface area contributed by atoms with Crippen LogP contribution in [0.3, 0.4) is 0 Å². The molecular weight excluding hydrogens is 266 g/mol. The van der Waals surface area contributed by atoms with Crippen molar-refractivity contribution in [3.05, 3.63) is 42.5 Å². The molecule has 1 aromatic heterocycles. The van der Waals surface area contributed by atoms with Gasteiger partial charge in [-0.3, -0.25) is 0 Å². The maximum Gasteiger partial charge on any atom is 0.165 e. The lowest BCUT2D eigenvalue weighted by atomic mass is 10.1. The minimum atomic E-state index is 0.333. The first-order valence-electron chi connectivity index (χ1n) is 7.22. The number of nitrogens with zero attached hydrogens (tertiary/aromatic N) is 2. The molecule has 0 aliphatic heterocycles. The zero-order valence-corrected chi connectivity index (χ0v) is 12.9. The Balaban J connectivity index is 1.97. The Hall–Kier alpha value is -2.01. The minimum absolute atomic E-state index is 0.333. The molecule has 0 bridgehead atoms. The molecule has 0 aliphatic carbocycles. The molecule has 0 aliphatic rings. The van der Waals surface area contributed by atoms with Crippen molar-refractivity contribution in [1.82, 2.24) is 14.9 Å². The highest BCUT2D eigenvalue weighted by Gasteiger charge is 2.11. The second-order valence-electron chi connectivity index (χ2n) is 4.92. The number of hydrogen-bond acceptors (Lipinski definition) is 4. The van der Waals surface area contributed by atoms with Crippen LogP contribution >= 0.6 is 0 Å². The third-order valence-corrected chi connectivity index (χ3v) is 3.25. The van der Waals surface area contributed by atoms with Gasteiger partial charge in [0.05, 0.1) is 20.0 Å². The van der Waals surface area contributed by atoms with Gasteiger partial charge in [0.15, 0.2) is 11.5 Å². The molecule has 0 amide bonds. The minimum Gasteiger partial charge on any atom is -0.493 e. The molecule has 0 saturated heterocycles. The molecule has 1 unspecified atom stereocenters. The predicted octanol–water partition coefficient (Wildman–Crippen LogP) is 2.47. The average Bonchev–Trinajstić information content (AvgIpc) is 2.98. The lowest BCUT2D eigenvalue weighted by molar-refractivity contribution is 0.308. The van der Waals surface area contributed by atoms with Gasteiger partial charge in [0.2, 0.25) is 0 Å². The van der Waals surface area contributed by atoms with Crippen LogP contribution in [0.5, 0.6) is 11.5 Å². The van der Waals surface area contributed by atoms with E-state index in [-0.39, 0.29) is 0 Å². The fraction of sp³-hybridized carbons (Fsp3) is 0.438. The highest BCUT2D eigenvalue weighted by atomic mass is 16.5. The molecule has 114 valence electrons. The first-order chi connectivity index (χ1) is 10.2. The normalized spacial score (nSPS) is 12.1. The molecule has 0 fully saturated rings. The maximum atomic E-state index is 5.60. The third-order valence-electron chi connectivity index (χ3n) is 3.25. The molecule has 21 heavy (non-hydrogen) atoms. The second kappa shape index (κ2) is 7.69. The molecule has 5 nitrogen and oxygen atoms in total. The molecule has 1 N–H and O–H groups in total. The average molecular weight is 289 g/mol. The van der Waals surface area contributed by atoms with Crippen LogP contribution in [0.1, 0.15) is 19.4 Å². The molecule has 1 heterocycles. The van der Waals surface area contributed by atoms with E-state index in [1.165, 1.54) is 0 Å². The number of ether oxygens (including phenoxy) is 2. The lowest BCUT2D eigenvalue weighted by Crippen LogP contribution is -2.29. The highest BCUT2D eigenvalue weighted by Crippen LogP contribution is 2.30. The zero-order chi connectivity index (χ0) is 15.1. The van der Waals surface area contributed by atoms with Crippen LogP contribution in [0, 0.1) is 0 Å². The first-order valence-corrected chi connectivity index (χ1v) is 7.22. The Kier molecular flexibility index (Phi) is 5.63. The topological polar surface area (TPSA) is 48.3 Å². The van der Waals surface area contributed by atoms with Crippen LogP contribution in [0.4, 0.5) is 0 Å². The van der Waals surface area contributed by atoms with Gasteiger partial charge in [0.25, 0.3) is 0 Å². The number of methoxy groups -OCH3 is 1. The fourth-order valence-corrected chi connectivity index (χ4v) is 2.26. The van der Waals surface area contributed by atoms with Gasteiger partial charge in [-0.2, -0.15) is 0 Å². The Morgan fingerprint density at radius 1 is 1.38 bits per heavy atom. The van der Waals surface area contributed by atoms with Crippen LogP contribution in [0.25, 0.3) is 0 Å². The van der Waals surface area contributed by atoms with E-state index in [0.29, 0.717) is 12.6 Å². The standard InChI is InChI=1S/C16H23N3O2/c1-4-21-15-7-5-6-14(16(15)20-3)10-18-13(2)11-19-9-8-17-12-19/h5-9,12-13,18H,4,10-11H2,1-3H3. The van der Waals surface area contributed by atoms with Gasteiger partial charge < -0.3 is 19.4 Å². The first kappa shape index (κ1) is 15.4. The van der Waals surface area contributed by atoms with Crippen molar-refractivity contribution in [1.29, 1.82) is 0 Å². The van der Waals surface area contributed by atoms with E-state index < -0.39 is 0 Å². The van der Waals surface area contributed by atoms with Gasteiger partial charge in [-0.1, -0.05) is 12.1 Å². The molecule has 2 aromatic rings. The number of para-hydroxylation sites is 1. The molecule has 0 spiro atoms.